The number of hydrogen-bond acceptors (Lipinski definition) is 4. The molecule has 1 rings (SSSR count). The second-order valence-electron chi connectivity index (χ2n) is 5.03. The number of aliphatic hydroxyl groups is 1. The van der Waals surface area contributed by atoms with Gasteiger partial charge >= 0.3 is 0 Å². The second-order valence-corrected chi connectivity index (χ2v) is 5.95. The third kappa shape index (κ3) is 5.88. The van der Waals surface area contributed by atoms with Gasteiger partial charge in [0.15, 0.2) is 0 Å². The molecule has 0 fully saturated rings. The van der Waals surface area contributed by atoms with E-state index in [1.807, 2.05) is 30.4 Å². The number of carbonyl (C=O) groups is 1. The summed E-state index contributed by atoms with van der Waals surface area (Å²) in [4.78, 5) is 17.3. The number of thiophene rings is 1. The van der Waals surface area contributed by atoms with Gasteiger partial charge in [0.2, 0.25) is 0 Å². The van der Waals surface area contributed by atoms with Gasteiger partial charge in [-0.15, -0.1) is 11.3 Å². The Bertz CT molecular complexity index is 500. The maximum atomic E-state index is 12.7. The molecule has 1 aromatic heterocycles. The highest BCUT2D eigenvalue weighted by molar-refractivity contribution is 7.12. The highest BCUT2D eigenvalue weighted by Crippen LogP contribution is 2.18. The van der Waals surface area contributed by atoms with E-state index < -0.39 is 0 Å². The van der Waals surface area contributed by atoms with Gasteiger partial charge in [-0.3, -0.25) is 4.79 Å². The Labute approximate surface area is 131 Å². The van der Waals surface area contributed by atoms with E-state index in [9.17, 15) is 4.79 Å². The quantitative estimate of drug-likeness (QED) is 0.782. The molecule has 0 aliphatic rings. The largest absolute Gasteiger partial charge is 0.395 e. The third-order valence-corrected chi connectivity index (χ3v) is 3.82. The van der Waals surface area contributed by atoms with E-state index in [4.69, 9.17) is 5.11 Å². The molecule has 4 nitrogen and oxygen atoms in total. The smallest absolute Gasteiger partial charge is 0.265 e. The van der Waals surface area contributed by atoms with Crippen molar-refractivity contribution in [1.82, 2.24) is 9.80 Å². The lowest BCUT2D eigenvalue weighted by atomic mass is 10.2. The molecule has 0 unspecified atom stereocenters. The molecule has 21 heavy (non-hydrogen) atoms. The minimum Gasteiger partial charge on any atom is -0.395 e. The molecule has 0 aromatic carbocycles. The van der Waals surface area contributed by atoms with E-state index in [-0.39, 0.29) is 12.5 Å². The first-order valence-electron chi connectivity index (χ1n) is 7.21. The Hall–Kier alpha value is -1.35. The Morgan fingerprint density at radius 1 is 1.33 bits per heavy atom. The Kier molecular flexibility index (Phi) is 8.06. The number of aliphatic hydroxyl groups excluding tert-OH is 1. The van der Waals surface area contributed by atoms with Crippen LogP contribution in [0.1, 0.15) is 35.0 Å². The van der Waals surface area contributed by atoms with E-state index in [0.29, 0.717) is 11.3 Å². The van der Waals surface area contributed by atoms with E-state index in [1.54, 1.807) is 0 Å². The lowest BCUT2D eigenvalue weighted by Crippen LogP contribution is -2.37. The van der Waals surface area contributed by atoms with Crippen LogP contribution in [0.2, 0.25) is 0 Å². The van der Waals surface area contributed by atoms with Gasteiger partial charge in [0, 0.05) is 31.6 Å². The lowest BCUT2D eigenvalue weighted by Gasteiger charge is -2.23. The van der Waals surface area contributed by atoms with Crippen LogP contribution >= 0.6 is 11.3 Å². The first-order valence-corrected chi connectivity index (χ1v) is 8.09. The summed E-state index contributed by atoms with van der Waals surface area (Å²) in [6.07, 6.45) is 1.37. The van der Waals surface area contributed by atoms with E-state index in [0.717, 1.165) is 31.6 Å². The summed E-state index contributed by atoms with van der Waals surface area (Å²) in [6, 6.07) is 1.87. The first kappa shape index (κ1) is 17.7. The van der Waals surface area contributed by atoms with Crippen molar-refractivity contribution in [1.29, 1.82) is 0 Å². The predicted molar refractivity (Wildman–Crippen MR) is 87.6 cm³/mol. The van der Waals surface area contributed by atoms with Crippen LogP contribution in [0.25, 0.3) is 0 Å². The maximum Gasteiger partial charge on any atom is 0.265 e. The normalized spacial score (nSPS) is 10.3. The Balaban J connectivity index is 2.84. The minimum atomic E-state index is 0.0468. The van der Waals surface area contributed by atoms with Crippen LogP contribution in [0.3, 0.4) is 0 Å². The second kappa shape index (κ2) is 9.56. The molecular weight excluding hydrogens is 284 g/mol. The molecule has 0 saturated carbocycles. The molecule has 0 saturated heterocycles. The molecule has 1 heterocycles. The van der Waals surface area contributed by atoms with Crippen LogP contribution in [0.15, 0.2) is 11.4 Å². The molecule has 1 amide bonds. The SMILES string of the molecule is CCCN(CCN(C)C)C(=O)c1sccc1C#CCCO. The van der Waals surface area contributed by atoms with Crippen LogP contribution in [0.5, 0.6) is 0 Å². The van der Waals surface area contributed by atoms with Crippen molar-refractivity contribution in [3.05, 3.63) is 21.9 Å². The average molecular weight is 308 g/mol. The van der Waals surface area contributed by atoms with Crippen molar-refractivity contribution >= 4 is 17.2 Å². The summed E-state index contributed by atoms with van der Waals surface area (Å²) in [5, 5.41) is 10.7. The summed E-state index contributed by atoms with van der Waals surface area (Å²) in [5.74, 6) is 5.92. The van der Waals surface area contributed by atoms with Crippen LogP contribution in [-0.4, -0.2) is 61.2 Å². The van der Waals surface area contributed by atoms with Crippen LogP contribution < -0.4 is 0 Å². The molecule has 1 N–H and O–H groups in total. The van der Waals surface area contributed by atoms with Gasteiger partial charge in [0.25, 0.3) is 5.91 Å². The lowest BCUT2D eigenvalue weighted by molar-refractivity contribution is 0.0749. The molecule has 0 radical (unpaired) electrons. The van der Waals surface area contributed by atoms with E-state index in [2.05, 4.69) is 23.7 Å². The molecule has 1 aromatic rings. The van der Waals surface area contributed by atoms with Gasteiger partial charge in [-0.25, -0.2) is 0 Å². The standard InChI is InChI=1S/C16H24N2O2S/c1-4-9-18(11-10-17(2)3)16(20)15-14(8-13-21-15)7-5-6-12-19/h8,13,19H,4,6,9-12H2,1-3H3. The minimum absolute atomic E-state index is 0.0468. The summed E-state index contributed by atoms with van der Waals surface area (Å²) < 4.78 is 0. The van der Waals surface area contributed by atoms with Crippen molar-refractivity contribution in [2.24, 2.45) is 0 Å². The summed E-state index contributed by atoms with van der Waals surface area (Å²) >= 11 is 1.43. The fourth-order valence-electron chi connectivity index (χ4n) is 1.84. The van der Waals surface area contributed by atoms with Gasteiger partial charge in [0.05, 0.1) is 6.61 Å². The van der Waals surface area contributed by atoms with Crippen molar-refractivity contribution in [2.45, 2.75) is 19.8 Å². The zero-order valence-corrected chi connectivity index (χ0v) is 13.9. The third-order valence-electron chi connectivity index (χ3n) is 2.92. The van der Waals surface area contributed by atoms with E-state index >= 15 is 0 Å². The van der Waals surface area contributed by atoms with Gasteiger partial charge in [-0.1, -0.05) is 18.8 Å². The Morgan fingerprint density at radius 3 is 2.71 bits per heavy atom. The molecule has 0 aliphatic heterocycles. The number of likely N-dealkylation sites (N-methyl/N-ethyl adjacent to an activating group) is 1. The van der Waals surface area contributed by atoms with Crippen LogP contribution in [0.4, 0.5) is 0 Å². The van der Waals surface area contributed by atoms with Gasteiger partial charge in [-0.05, 0) is 32.0 Å². The summed E-state index contributed by atoms with van der Waals surface area (Å²) in [7, 11) is 4.01. The van der Waals surface area contributed by atoms with Crippen molar-refractivity contribution in [3.8, 4) is 11.8 Å². The molecule has 0 aliphatic carbocycles. The highest BCUT2D eigenvalue weighted by atomic mass is 32.1. The van der Waals surface area contributed by atoms with Crippen LogP contribution in [0, 0.1) is 11.8 Å². The molecule has 0 atom stereocenters. The van der Waals surface area contributed by atoms with Crippen molar-refractivity contribution < 1.29 is 9.90 Å². The van der Waals surface area contributed by atoms with Gasteiger partial charge in [0.1, 0.15) is 4.88 Å². The number of carbonyl (C=O) groups excluding carboxylic acids is 1. The van der Waals surface area contributed by atoms with E-state index in [1.165, 1.54) is 11.3 Å². The Morgan fingerprint density at radius 2 is 2.10 bits per heavy atom. The number of nitrogens with zero attached hydrogens (tertiary/aromatic N) is 2. The first-order chi connectivity index (χ1) is 10.1. The summed E-state index contributed by atoms with van der Waals surface area (Å²) in [5.41, 5.74) is 0.768. The molecule has 5 heteroatoms. The topological polar surface area (TPSA) is 43.8 Å². The zero-order valence-electron chi connectivity index (χ0n) is 13.1. The average Bonchev–Trinajstić information content (AvgIpc) is 2.91. The molecule has 0 spiro atoms. The molecular formula is C16H24N2O2S. The maximum absolute atomic E-state index is 12.7. The van der Waals surface area contributed by atoms with Crippen molar-refractivity contribution in [2.75, 3.05) is 40.3 Å². The number of hydrogen-bond donors (Lipinski definition) is 1. The fourth-order valence-corrected chi connectivity index (χ4v) is 2.65. The monoisotopic (exact) mass is 308 g/mol. The predicted octanol–water partition coefficient (Wildman–Crippen LogP) is 1.90. The van der Waals surface area contributed by atoms with Crippen molar-refractivity contribution in [3.63, 3.8) is 0 Å². The van der Waals surface area contributed by atoms with Gasteiger partial charge < -0.3 is 14.9 Å². The zero-order chi connectivity index (χ0) is 15.7. The van der Waals surface area contributed by atoms with Gasteiger partial charge in [-0.2, -0.15) is 0 Å². The molecule has 116 valence electrons. The molecule has 0 bridgehead atoms. The number of amides is 1. The highest BCUT2D eigenvalue weighted by Gasteiger charge is 2.19. The fraction of sp³-hybridized carbons (Fsp3) is 0.562. The van der Waals surface area contributed by atoms with Crippen LogP contribution in [-0.2, 0) is 0 Å². The summed E-state index contributed by atoms with van der Waals surface area (Å²) in [6.45, 7) is 4.45. The number of rotatable bonds is 7.